The van der Waals surface area contributed by atoms with Gasteiger partial charge in [0.15, 0.2) is 0 Å². The first kappa shape index (κ1) is 8.21. The molecule has 0 saturated carbocycles. The fraction of sp³-hybridized carbons (Fsp3) is 0.571. The van der Waals surface area contributed by atoms with Crippen molar-refractivity contribution in [2.45, 2.75) is 6.92 Å². The van der Waals surface area contributed by atoms with Crippen LogP contribution < -0.4 is 0 Å². The van der Waals surface area contributed by atoms with Gasteiger partial charge in [0.25, 0.3) is 0 Å². The molecule has 1 atom stereocenters. The lowest BCUT2D eigenvalue weighted by Crippen LogP contribution is -2.26. The Kier molecular flexibility index (Phi) is 2.99. The summed E-state index contributed by atoms with van der Waals surface area (Å²) in [4.78, 5) is 12.5. The van der Waals surface area contributed by atoms with Crippen molar-refractivity contribution in [3.63, 3.8) is 0 Å². The van der Waals surface area contributed by atoms with Gasteiger partial charge in [0.2, 0.25) is 5.91 Å². The van der Waals surface area contributed by atoms with Crippen LogP contribution in [0.4, 0.5) is 0 Å². The minimum absolute atomic E-state index is 0.0556. The van der Waals surface area contributed by atoms with E-state index in [0.717, 1.165) is 0 Å². The van der Waals surface area contributed by atoms with E-state index in [1.54, 1.807) is 25.1 Å². The highest BCUT2D eigenvalue weighted by Crippen LogP contribution is 1.98. The third-order valence-electron chi connectivity index (χ3n) is 1.18. The van der Waals surface area contributed by atoms with Crippen LogP contribution in [0.15, 0.2) is 12.7 Å². The maximum Gasteiger partial charge on any atom is 0.228 e. The minimum Gasteiger partial charge on any atom is -0.348 e. The second-order valence-electron chi connectivity index (χ2n) is 2.26. The Morgan fingerprint density at radius 1 is 1.67 bits per heavy atom. The lowest BCUT2D eigenvalue weighted by atomic mass is 10.1. The van der Waals surface area contributed by atoms with Gasteiger partial charge in [-0.3, -0.25) is 4.79 Å². The maximum absolute atomic E-state index is 10.9. The summed E-state index contributed by atoms with van der Waals surface area (Å²) in [5.74, 6) is 0.0463. The van der Waals surface area contributed by atoms with E-state index in [9.17, 15) is 4.79 Å². The predicted octanol–water partition coefficient (Wildman–Crippen LogP) is 0.897. The maximum atomic E-state index is 10.9. The fourth-order valence-corrected chi connectivity index (χ4v) is 0.508. The first-order chi connectivity index (χ1) is 4.09. The van der Waals surface area contributed by atoms with Gasteiger partial charge in [-0.15, -0.1) is 6.58 Å². The second-order valence-corrected chi connectivity index (χ2v) is 2.26. The quantitative estimate of drug-likeness (QED) is 0.504. The molecule has 9 heavy (non-hydrogen) atoms. The number of nitrogens with zero attached hydrogens (tertiary/aromatic N) is 1. The van der Waals surface area contributed by atoms with Gasteiger partial charge in [0.05, 0.1) is 5.92 Å². The van der Waals surface area contributed by atoms with Crippen LogP contribution in [-0.4, -0.2) is 24.9 Å². The van der Waals surface area contributed by atoms with E-state index in [4.69, 9.17) is 0 Å². The van der Waals surface area contributed by atoms with E-state index >= 15 is 0 Å². The Balaban J connectivity index is 3.87. The summed E-state index contributed by atoms with van der Waals surface area (Å²) in [5.41, 5.74) is 0. The van der Waals surface area contributed by atoms with Gasteiger partial charge >= 0.3 is 0 Å². The van der Waals surface area contributed by atoms with Crippen LogP contribution in [0, 0.1) is 5.92 Å². The van der Waals surface area contributed by atoms with Gasteiger partial charge in [0.1, 0.15) is 0 Å². The van der Waals surface area contributed by atoms with Crippen molar-refractivity contribution in [1.82, 2.24) is 4.90 Å². The zero-order valence-corrected chi connectivity index (χ0v) is 6.22. The van der Waals surface area contributed by atoms with Crippen LogP contribution in [0.5, 0.6) is 0 Å². The number of carbonyl (C=O) groups excluding carboxylic acids is 1. The van der Waals surface area contributed by atoms with Crippen molar-refractivity contribution >= 4 is 5.91 Å². The molecule has 0 fully saturated rings. The molecule has 0 aliphatic carbocycles. The van der Waals surface area contributed by atoms with E-state index in [1.165, 1.54) is 0 Å². The van der Waals surface area contributed by atoms with E-state index in [1.807, 2.05) is 6.92 Å². The largest absolute Gasteiger partial charge is 0.348 e. The molecule has 0 aromatic rings. The molecule has 0 N–H and O–H groups in total. The van der Waals surface area contributed by atoms with E-state index in [0.29, 0.717) is 0 Å². The molecule has 0 aromatic heterocycles. The van der Waals surface area contributed by atoms with Crippen LogP contribution in [0.25, 0.3) is 0 Å². The summed E-state index contributed by atoms with van der Waals surface area (Å²) >= 11 is 0. The van der Waals surface area contributed by atoms with Crippen LogP contribution >= 0.6 is 0 Å². The molecule has 0 unspecified atom stereocenters. The summed E-state index contributed by atoms with van der Waals surface area (Å²) in [5, 5.41) is 0. The molecule has 0 heterocycles. The molecule has 2 heteroatoms. The van der Waals surface area contributed by atoms with E-state index in [2.05, 4.69) is 6.58 Å². The zero-order chi connectivity index (χ0) is 7.44. The van der Waals surface area contributed by atoms with Crippen molar-refractivity contribution in [2.75, 3.05) is 14.1 Å². The minimum atomic E-state index is -0.0556. The molecule has 0 bridgehead atoms. The highest BCUT2D eigenvalue weighted by molar-refractivity contribution is 5.79. The second kappa shape index (κ2) is 3.28. The number of hydrogen-bond acceptors (Lipinski definition) is 1. The number of hydrogen-bond donors (Lipinski definition) is 0. The predicted molar refractivity (Wildman–Crippen MR) is 38.1 cm³/mol. The number of amides is 1. The Labute approximate surface area is 56.2 Å². The summed E-state index contributed by atoms with van der Waals surface area (Å²) in [6.45, 7) is 5.35. The molecule has 0 aromatic carbocycles. The van der Waals surface area contributed by atoms with Crippen LogP contribution in [-0.2, 0) is 4.79 Å². The summed E-state index contributed by atoms with van der Waals surface area (Å²) in [7, 11) is 3.48. The van der Waals surface area contributed by atoms with Gasteiger partial charge in [-0.1, -0.05) is 13.0 Å². The Hall–Kier alpha value is -0.790. The monoisotopic (exact) mass is 127 g/mol. The molecular formula is C7H13NO. The third-order valence-corrected chi connectivity index (χ3v) is 1.18. The molecule has 0 aliphatic heterocycles. The Morgan fingerprint density at radius 3 is 2.22 bits per heavy atom. The van der Waals surface area contributed by atoms with E-state index in [-0.39, 0.29) is 11.8 Å². The molecule has 0 spiro atoms. The molecule has 0 saturated heterocycles. The normalized spacial score (nSPS) is 12.3. The SMILES string of the molecule is C=C[C@H](C)C(=O)N(C)C. The van der Waals surface area contributed by atoms with Gasteiger partial charge < -0.3 is 4.90 Å². The smallest absolute Gasteiger partial charge is 0.228 e. The molecule has 0 aliphatic rings. The lowest BCUT2D eigenvalue weighted by Gasteiger charge is -2.12. The molecule has 0 radical (unpaired) electrons. The van der Waals surface area contributed by atoms with Crippen molar-refractivity contribution in [1.29, 1.82) is 0 Å². The van der Waals surface area contributed by atoms with E-state index < -0.39 is 0 Å². The fourth-order valence-electron chi connectivity index (χ4n) is 0.508. The summed E-state index contributed by atoms with van der Waals surface area (Å²) < 4.78 is 0. The van der Waals surface area contributed by atoms with Crippen LogP contribution in [0.3, 0.4) is 0 Å². The Bertz CT molecular complexity index is 118. The molecule has 0 rings (SSSR count). The lowest BCUT2D eigenvalue weighted by molar-refractivity contribution is -0.130. The first-order valence-corrected chi connectivity index (χ1v) is 2.93. The third kappa shape index (κ3) is 2.31. The summed E-state index contributed by atoms with van der Waals surface area (Å²) in [6.07, 6.45) is 1.64. The van der Waals surface area contributed by atoms with Crippen molar-refractivity contribution in [2.24, 2.45) is 5.92 Å². The van der Waals surface area contributed by atoms with Crippen molar-refractivity contribution in [3.8, 4) is 0 Å². The van der Waals surface area contributed by atoms with Gasteiger partial charge in [-0.25, -0.2) is 0 Å². The van der Waals surface area contributed by atoms with Gasteiger partial charge in [0, 0.05) is 14.1 Å². The van der Waals surface area contributed by atoms with Crippen LogP contribution in [0.1, 0.15) is 6.92 Å². The Morgan fingerprint density at radius 2 is 2.11 bits per heavy atom. The topological polar surface area (TPSA) is 20.3 Å². The van der Waals surface area contributed by atoms with Crippen molar-refractivity contribution in [3.05, 3.63) is 12.7 Å². The standard InChI is InChI=1S/C7H13NO/c1-5-6(2)7(9)8(3)4/h5-6H,1H2,2-4H3/t6-/m0/s1. The average molecular weight is 127 g/mol. The molecular weight excluding hydrogens is 114 g/mol. The van der Waals surface area contributed by atoms with Crippen LogP contribution in [0.2, 0.25) is 0 Å². The number of carbonyl (C=O) groups is 1. The number of rotatable bonds is 2. The van der Waals surface area contributed by atoms with Gasteiger partial charge in [-0.2, -0.15) is 0 Å². The molecule has 52 valence electrons. The van der Waals surface area contributed by atoms with Gasteiger partial charge in [-0.05, 0) is 0 Å². The highest BCUT2D eigenvalue weighted by Gasteiger charge is 2.09. The molecule has 2 nitrogen and oxygen atoms in total. The van der Waals surface area contributed by atoms with Crippen molar-refractivity contribution < 1.29 is 4.79 Å². The molecule has 1 amide bonds. The average Bonchev–Trinajstić information content (AvgIpc) is 1.84. The first-order valence-electron chi connectivity index (χ1n) is 2.93. The highest BCUT2D eigenvalue weighted by atomic mass is 16.2. The zero-order valence-electron chi connectivity index (χ0n) is 6.22. The summed E-state index contributed by atoms with van der Waals surface area (Å²) in [6, 6.07) is 0.